The van der Waals surface area contributed by atoms with Crippen molar-refractivity contribution in [1.82, 2.24) is 5.43 Å². The lowest BCUT2D eigenvalue weighted by molar-refractivity contribution is -0.239. The van der Waals surface area contributed by atoms with Gasteiger partial charge in [-0.2, -0.15) is 0 Å². The van der Waals surface area contributed by atoms with Crippen LogP contribution in [-0.2, 0) is 9.53 Å². The summed E-state index contributed by atoms with van der Waals surface area (Å²) in [6, 6.07) is -1.01. The van der Waals surface area contributed by atoms with Crippen LogP contribution in [-0.4, -0.2) is 52.2 Å². The average Bonchev–Trinajstić information content (AvgIpc) is 2.12. The van der Waals surface area contributed by atoms with Crippen molar-refractivity contribution in [1.29, 1.82) is 0 Å². The lowest BCUT2D eigenvalue weighted by atomic mass is 9.98. The van der Waals surface area contributed by atoms with Gasteiger partial charge in [-0.1, -0.05) is 0 Å². The zero-order chi connectivity index (χ0) is 10.0. The number of carbonyl (C=O) groups is 1. The van der Waals surface area contributed by atoms with E-state index in [-0.39, 0.29) is 0 Å². The highest BCUT2D eigenvalue weighted by atomic mass is 16.6. The maximum absolute atomic E-state index is 10.3. The van der Waals surface area contributed by atoms with Gasteiger partial charge in [-0.15, -0.1) is 0 Å². The molecule has 7 nitrogen and oxygen atoms in total. The van der Waals surface area contributed by atoms with Gasteiger partial charge in [0.15, 0.2) is 12.6 Å². The standard InChI is InChI=1S/C6H12N2O5/c7-8-3-5(11)4(10)2(1-9)13-6(3)12/h1-6,8,10-12H,7H2. The van der Waals surface area contributed by atoms with Crippen molar-refractivity contribution in [2.75, 3.05) is 0 Å². The summed E-state index contributed by atoms with van der Waals surface area (Å²) >= 11 is 0. The Kier molecular flexibility index (Phi) is 3.31. The molecule has 0 radical (unpaired) electrons. The van der Waals surface area contributed by atoms with E-state index < -0.39 is 30.6 Å². The summed E-state index contributed by atoms with van der Waals surface area (Å²) in [6.45, 7) is 0. The van der Waals surface area contributed by atoms with E-state index in [0.717, 1.165) is 0 Å². The van der Waals surface area contributed by atoms with Crippen LogP contribution in [0.25, 0.3) is 0 Å². The molecule has 0 spiro atoms. The van der Waals surface area contributed by atoms with Crippen LogP contribution in [0.5, 0.6) is 0 Å². The van der Waals surface area contributed by atoms with Crippen LogP contribution in [0.1, 0.15) is 0 Å². The average molecular weight is 192 g/mol. The summed E-state index contributed by atoms with van der Waals surface area (Å²) in [5.41, 5.74) is 2.08. The van der Waals surface area contributed by atoms with Gasteiger partial charge in [0.2, 0.25) is 0 Å². The maximum atomic E-state index is 10.3. The van der Waals surface area contributed by atoms with E-state index in [2.05, 4.69) is 10.2 Å². The Labute approximate surface area is 74.1 Å². The predicted molar refractivity (Wildman–Crippen MR) is 40.1 cm³/mol. The largest absolute Gasteiger partial charge is 0.388 e. The van der Waals surface area contributed by atoms with Crippen molar-refractivity contribution < 1.29 is 24.9 Å². The van der Waals surface area contributed by atoms with E-state index in [4.69, 9.17) is 10.9 Å². The second-order valence-electron chi connectivity index (χ2n) is 2.80. The summed E-state index contributed by atoms with van der Waals surface area (Å²) in [6.07, 6.45) is -5.07. The van der Waals surface area contributed by atoms with Crippen LogP contribution < -0.4 is 11.3 Å². The minimum absolute atomic E-state index is 0.309. The molecule has 5 atom stereocenters. The fourth-order valence-electron chi connectivity index (χ4n) is 1.20. The molecule has 6 N–H and O–H groups in total. The summed E-state index contributed by atoms with van der Waals surface area (Å²) in [4.78, 5) is 10.3. The smallest absolute Gasteiger partial charge is 0.175 e. The molecular formula is C6H12N2O5. The molecule has 0 saturated carbocycles. The van der Waals surface area contributed by atoms with Gasteiger partial charge in [0.1, 0.15) is 24.4 Å². The zero-order valence-corrected chi connectivity index (χ0v) is 6.70. The van der Waals surface area contributed by atoms with Crippen molar-refractivity contribution in [3.8, 4) is 0 Å². The van der Waals surface area contributed by atoms with E-state index in [1.807, 2.05) is 0 Å². The first-order valence-corrected chi connectivity index (χ1v) is 3.73. The number of carbonyl (C=O) groups excluding carboxylic acids is 1. The molecule has 7 heteroatoms. The van der Waals surface area contributed by atoms with Gasteiger partial charge in [-0.25, -0.2) is 5.43 Å². The van der Waals surface area contributed by atoms with E-state index in [9.17, 15) is 15.0 Å². The van der Waals surface area contributed by atoms with E-state index in [1.54, 1.807) is 0 Å². The first-order chi connectivity index (χ1) is 6.11. The molecule has 0 aromatic carbocycles. The number of hydrogen-bond donors (Lipinski definition) is 5. The predicted octanol–water partition coefficient (Wildman–Crippen LogP) is -3.54. The molecule has 0 bridgehead atoms. The molecule has 0 aliphatic carbocycles. The van der Waals surface area contributed by atoms with Crippen molar-refractivity contribution in [2.45, 2.75) is 30.6 Å². The second kappa shape index (κ2) is 4.09. The Morgan fingerprint density at radius 2 is 1.92 bits per heavy atom. The molecule has 1 heterocycles. The Morgan fingerprint density at radius 1 is 1.31 bits per heavy atom. The highest BCUT2D eigenvalue weighted by Gasteiger charge is 2.43. The second-order valence-corrected chi connectivity index (χ2v) is 2.80. The first-order valence-electron chi connectivity index (χ1n) is 3.73. The topological polar surface area (TPSA) is 125 Å². The third kappa shape index (κ3) is 1.85. The quantitative estimate of drug-likeness (QED) is 0.174. The van der Waals surface area contributed by atoms with Crippen LogP contribution in [0.3, 0.4) is 0 Å². The summed E-state index contributed by atoms with van der Waals surface area (Å²) < 4.78 is 4.66. The number of hydrazine groups is 1. The third-order valence-electron chi connectivity index (χ3n) is 1.98. The lowest BCUT2D eigenvalue weighted by Gasteiger charge is -2.38. The Morgan fingerprint density at radius 3 is 2.38 bits per heavy atom. The van der Waals surface area contributed by atoms with Crippen LogP contribution in [0, 0.1) is 0 Å². The molecule has 0 amide bonds. The molecule has 5 unspecified atom stereocenters. The van der Waals surface area contributed by atoms with Crippen LogP contribution in [0.2, 0.25) is 0 Å². The van der Waals surface area contributed by atoms with Gasteiger partial charge in [-0.05, 0) is 0 Å². The van der Waals surface area contributed by atoms with Gasteiger partial charge < -0.3 is 24.9 Å². The van der Waals surface area contributed by atoms with Crippen molar-refractivity contribution >= 4 is 6.29 Å². The van der Waals surface area contributed by atoms with Gasteiger partial charge in [0.05, 0.1) is 0 Å². The van der Waals surface area contributed by atoms with Crippen molar-refractivity contribution in [3.63, 3.8) is 0 Å². The summed E-state index contributed by atoms with van der Waals surface area (Å²) in [5.74, 6) is 4.98. The van der Waals surface area contributed by atoms with Gasteiger partial charge in [-0.3, -0.25) is 5.84 Å². The minimum Gasteiger partial charge on any atom is -0.388 e. The Balaban J connectivity index is 2.72. The SMILES string of the molecule is NNC1C(O)OC(C=O)C(O)C1O. The molecule has 1 aliphatic heterocycles. The fourth-order valence-corrected chi connectivity index (χ4v) is 1.20. The molecule has 13 heavy (non-hydrogen) atoms. The maximum Gasteiger partial charge on any atom is 0.175 e. The molecule has 1 rings (SSSR count). The van der Waals surface area contributed by atoms with E-state index in [1.165, 1.54) is 0 Å². The van der Waals surface area contributed by atoms with Crippen molar-refractivity contribution in [2.24, 2.45) is 5.84 Å². The fraction of sp³-hybridized carbons (Fsp3) is 0.833. The number of rotatable bonds is 2. The van der Waals surface area contributed by atoms with E-state index in [0.29, 0.717) is 6.29 Å². The number of ether oxygens (including phenoxy) is 1. The molecule has 1 fully saturated rings. The number of nitrogens with one attached hydrogen (secondary N) is 1. The van der Waals surface area contributed by atoms with E-state index >= 15 is 0 Å². The number of aliphatic hydroxyl groups excluding tert-OH is 3. The molecule has 0 aromatic rings. The van der Waals surface area contributed by atoms with Gasteiger partial charge in [0, 0.05) is 0 Å². The normalized spacial score (nSPS) is 46.0. The minimum atomic E-state index is -1.42. The van der Waals surface area contributed by atoms with Gasteiger partial charge in [0.25, 0.3) is 0 Å². The third-order valence-corrected chi connectivity index (χ3v) is 1.98. The molecular weight excluding hydrogens is 180 g/mol. The highest BCUT2D eigenvalue weighted by molar-refractivity contribution is 5.57. The molecule has 0 aromatic heterocycles. The van der Waals surface area contributed by atoms with Crippen LogP contribution >= 0.6 is 0 Å². The number of aliphatic hydroxyl groups is 3. The first kappa shape index (κ1) is 10.5. The lowest BCUT2D eigenvalue weighted by Crippen LogP contribution is -2.64. The van der Waals surface area contributed by atoms with Crippen molar-refractivity contribution in [3.05, 3.63) is 0 Å². The van der Waals surface area contributed by atoms with Crippen LogP contribution in [0.4, 0.5) is 0 Å². The number of aldehydes is 1. The monoisotopic (exact) mass is 192 g/mol. The Bertz CT molecular complexity index is 190. The highest BCUT2D eigenvalue weighted by Crippen LogP contribution is 2.17. The summed E-state index contributed by atoms with van der Waals surface area (Å²) in [7, 11) is 0. The number of nitrogens with two attached hydrogens (primary N) is 1. The molecule has 1 aliphatic rings. The Hall–Kier alpha value is -0.570. The van der Waals surface area contributed by atoms with Crippen LogP contribution in [0.15, 0.2) is 0 Å². The number of hydrogen-bond acceptors (Lipinski definition) is 7. The summed E-state index contributed by atoms with van der Waals surface area (Å²) in [5, 5.41) is 27.7. The molecule has 1 saturated heterocycles. The molecule has 76 valence electrons. The zero-order valence-electron chi connectivity index (χ0n) is 6.70. The van der Waals surface area contributed by atoms with Gasteiger partial charge >= 0.3 is 0 Å².